The minimum absolute atomic E-state index is 0.0567. The average molecular weight is 241 g/mol. The lowest BCUT2D eigenvalue weighted by molar-refractivity contribution is -0.385. The summed E-state index contributed by atoms with van der Waals surface area (Å²) in [7, 11) is 1.29. The molecule has 1 rings (SSSR count). The maximum absolute atomic E-state index is 10.7. The molecule has 0 aliphatic rings. The number of nitro benzene ring substituents is 1. The summed E-state index contributed by atoms with van der Waals surface area (Å²) in [6.45, 7) is 0. The lowest BCUT2D eigenvalue weighted by Crippen LogP contribution is -2.06. The maximum atomic E-state index is 10.7. The number of aliphatic hydroxyl groups is 1. The van der Waals surface area contributed by atoms with Crippen molar-refractivity contribution in [1.82, 2.24) is 0 Å². The van der Waals surface area contributed by atoms with Crippen molar-refractivity contribution in [3.05, 3.63) is 33.9 Å². The first-order valence-corrected chi connectivity index (χ1v) is 4.68. The largest absolute Gasteiger partial charge is 0.490 e. The van der Waals surface area contributed by atoms with Gasteiger partial charge in [-0.15, -0.1) is 0 Å². The molecule has 2 N–H and O–H groups in total. The van der Waals surface area contributed by atoms with E-state index in [4.69, 9.17) is 9.84 Å². The number of methoxy groups -OCH3 is 1. The van der Waals surface area contributed by atoms with Crippen LogP contribution < -0.4 is 4.74 Å². The van der Waals surface area contributed by atoms with Crippen LogP contribution in [-0.4, -0.2) is 28.2 Å². The smallest absolute Gasteiger partial charge is 0.311 e. The average Bonchev–Trinajstić information content (AvgIpc) is 2.27. The zero-order valence-electron chi connectivity index (χ0n) is 8.99. The van der Waals surface area contributed by atoms with Crippen LogP contribution in [0.3, 0.4) is 0 Å². The van der Waals surface area contributed by atoms with Crippen molar-refractivity contribution in [2.45, 2.75) is 12.5 Å². The van der Waals surface area contributed by atoms with Crippen molar-refractivity contribution in [2.75, 3.05) is 7.11 Å². The van der Waals surface area contributed by atoms with E-state index in [0.29, 0.717) is 0 Å². The molecular formula is C10H11NO6. The minimum Gasteiger partial charge on any atom is -0.490 e. The Hall–Kier alpha value is -2.15. The van der Waals surface area contributed by atoms with Crippen LogP contribution >= 0.6 is 0 Å². The Bertz CT molecular complexity index is 444. The van der Waals surface area contributed by atoms with Crippen molar-refractivity contribution in [1.29, 1.82) is 0 Å². The molecule has 0 heterocycles. The van der Waals surface area contributed by atoms with Crippen molar-refractivity contribution in [3.63, 3.8) is 0 Å². The molecule has 0 aliphatic carbocycles. The number of hydrogen-bond donors (Lipinski definition) is 2. The van der Waals surface area contributed by atoms with Gasteiger partial charge in [-0.1, -0.05) is 6.07 Å². The number of nitro groups is 1. The van der Waals surface area contributed by atoms with Gasteiger partial charge in [0.05, 0.1) is 24.6 Å². The number of carboxylic acid groups (broad SMARTS) is 1. The van der Waals surface area contributed by atoms with E-state index >= 15 is 0 Å². The molecule has 0 aliphatic heterocycles. The molecule has 92 valence electrons. The van der Waals surface area contributed by atoms with E-state index < -0.39 is 23.4 Å². The van der Waals surface area contributed by atoms with E-state index in [9.17, 15) is 20.0 Å². The van der Waals surface area contributed by atoms with Gasteiger partial charge in [-0.25, -0.2) is 0 Å². The van der Waals surface area contributed by atoms with Gasteiger partial charge >= 0.3 is 11.7 Å². The highest BCUT2D eigenvalue weighted by Gasteiger charge is 2.19. The zero-order chi connectivity index (χ0) is 13.0. The number of carboxylic acids is 1. The van der Waals surface area contributed by atoms with Crippen LogP contribution in [0.4, 0.5) is 5.69 Å². The van der Waals surface area contributed by atoms with Gasteiger partial charge in [0.25, 0.3) is 0 Å². The Morgan fingerprint density at radius 3 is 2.71 bits per heavy atom. The fourth-order valence-corrected chi connectivity index (χ4v) is 1.34. The Morgan fingerprint density at radius 2 is 2.24 bits per heavy atom. The van der Waals surface area contributed by atoms with Crippen LogP contribution in [-0.2, 0) is 4.79 Å². The molecule has 7 nitrogen and oxygen atoms in total. The molecule has 17 heavy (non-hydrogen) atoms. The van der Waals surface area contributed by atoms with Gasteiger partial charge in [0, 0.05) is 6.07 Å². The highest BCUT2D eigenvalue weighted by Crippen LogP contribution is 2.30. The van der Waals surface area contributed by atoms with Crippen LogP contribution in [0.1, 0.15) is 18.1 Å². The summed E-state index contributed by atoms with van der Waals surface area (Å²) in [4.78, 5) is 20.5. The number of carbonyl (C=O) groups is 1. The van der Waals surface area contributed by atoms with Crippen molar-refractivity contribution in [2.24, 2.45) is 0 Å². The fraction of sp³-hybridized carbons (Fsp3) is 0.300. The second-order valence-electron chi connectivity index (χ2n) is 3.30. The van der Waals surface area contributed by atoms with Gasteiger partial charge in [0.15, 0.2) is 5.75 Å². The molecule has 0 aromatic heterocycles. The van der Waals surface area contributed by atoms with E-state index in [-0.39, 0.29) is 17.0 Å². The number of ether oxygens (including phenoxy) is 1. The SMILES string of the molecule is COc1ccc([C@H](O)CC(=O)O)cc1[N+](=O)[O-]. The molecular weight excluding hydrogens is 230 g/mol. The summed E-state index contributed by atoms with van der Waals surface area (Å²) < 4.78 is 4.78. The minimum atomic E-state index is -1.28. The first kappa shape index (κ1) is 12.9. The summed E-state index contributed by atoms with van der Waals surface area (Å²) in [5.74, 6) is -1.13. The topological polar surface area (TPSA) is 110 Å². The lowest BCUT2D eigenvalue weighted by atomic mass is 10.1. The third-order valence-electron chi connectivity index (χ3n) is 2.15. The van der Waals surface area contributed by atoms with E-state index in [1.54, 1.807) is 0 Å². The number of benzene rings is 1. The number of rotatable bonds is 5. The van der Waals surface area contributed by atoms with Crippen LogP contribution in [0.15, 0.2) is 18.2 Å². The third-order valence-corrected chi connectivity index (χ3v) is 2.15. The van der Waals surface area contributed by atoms with Gasteiger partial charge in [-0.3, -0.25) is 14.9 Å². The van der Waals surface area contributed by atoms with E-state index in [1.807, 2.05) is 0 Å². The summed E-state index contributed by atoms with van der Waals surface area (Å²) in [5.41, 5.74) is -0.144. The van der Waals surface area contributed by atoms with Crippen LogP contribution in [0.2, 0.25) is 0 Å². The highest BCUT2D eigenvalue weighted by molar-refractivity contribution is 5.67. The summed E-state index contributed by atoms with van der Waals surface area (Å²) in [6, 6.07) is 3.81. The Kier molecular flexibility index (Phi) is 4.00. The fourth-order valence-electron chi connectivity index (χ4n) is 1.34. The molecule has 0 fully saturated rings. The molecule has 0 radical (unpaired) electrons. The summed E-state index contributed by atoms with van der Waals surface area (Å²) >= 11 is 0. The zero-order valence-corrected chi connectivity index (χ0v) is 8.99. The van der Waals surface area contributed by atoms with Gasteiger partial charge in [-0.2, -0.15) is 0 Å². The first-order valence-electron chi connectivity index (χ1n) is 4.68. The van der Waals surface area contributed by atoms with Gasteiger partial charge in [0.1, 0.15) is 0 Å². The normalized spacial score (nSPS) is 11.9. The van der Waals surface area contributed by atoms with Crippen LogP contribution in [0, 0.1) is 10.1 Å². The third kappa shape index (κ3) is 3.15. The Labute approximate surface area is 96.4 Å². The van der Waals surface area contributed by atoms with Crippen molar-refractivity contribution in [3.8, 4) is 5.75 Å². The molecule has 7 heteroatoms. The number of aliphatic hydroxyl groups excluding tert-OH is 1. The number of aliphatic carboxylic acids is 1. The molecule has 0 saturated heterocycles. The predicted octanol–water partition coefficient (Wildman–Crippen LogP) is 1.11. The van der Waals surface area contributed by atoms with Gasteiger partial charge < -0.3 is 14.9 Å². The molecule has 1 atom stereocenters. The van der Waals surface area contributed by atoms with Crippen LogP contribution in [0.5, 0.6) is 5.75 Å². The number of nitrogens with zero attached hydrogens (tertiary/aromatic N) is 1. The highest BCUT2D eigenvalue weighted by atomic mass is 16.6. The predicted molar refractivity (Wildman–Crippen MR) is 56.9 cm³/mol. The molecule has 0 bridgehead atoms. The molecule has 1 aromatic carbocycles. The second kappa shape index (κ2) is 5.26. The molecule has 1 aromatic rings. The van der Waals surface area contributed by atoms with Crippen molar-refractivity contribution >= 4 is 11.7 Å². The van der Waals surface area contributed by atoms with Crippen molar-refractivity contribution < 1.29 is 24.7 Å². The maximum Gasteiger partial charge on any atom is 0.311 e. The molecule has 0 amide bonds. The van der Waals surface area contributed by atoms with Crippen LogP contribution in [0.25, 0.3) is 0 Å². The summed E-state index contributed by atoms with van der Waals surface area (Å²) in [5, 5.41) is 28.7. The first-order chi connectivity index (χ1) is 7.95. The van der Waals surface area contributed by atoms with E-state index in [0.717, 1.165) is 6.07 Å². The van der Waals surface area contributed by atoms with E-state index in [2.05, 4.69) is 0 Å². The number of hydrogen-bond acceptors (Lipinski definition) is 5. The van der Waals surface area contributed by atoms with E-state index in [1.165, 1.54) is 19.2 Å². The van der Waals surface area contributed by atoms with Gasteiger partial charge in [0.2, 0.25) is 0 Å². The second-order valence-corrected chi connectivity index (χ2v) is 3.30. The summed E-state index contributed by atoms with van der Waals surface area (Å²) in [6.07, 6.45) is -1.79. The molecule has 0 unspecified atom stereocenters. The quantitative estimate of drug-likeness (QED) is 0.590. The standard InChI is InChI=1S/C10H11NO6/c1-17-9-3-2-6(4-7(9)11(15)16)8(12)5-10(13)14/h2-4,8,12H,5H2,1H3,(H,13,14)/t8-/m1/s1. The van der Waals surface area contributed by atoms with Gasteiger partial charge in [-0.05, 0) is 11.6 Å². The Morgan fingerprint density at radius 1 is 1.59 bits per heavy atom. The molecule has 0 spiro atoms. The molecule has 0 saturated carbocycles. The monoisotopic (exact) mass is 241 g/mol. The lowest BCUT2D eigenvalue weighted by Gasteiger charge is -2.09. The Balaban J connectivity index is 3.07.